The van der Waals surface area contributed by atoms with Crippen LogP contribution in [0.1, 0.15) is 174 Å². The Balaban J connectivity index is 4.39. The molecule has 0 heterocycles. The number of esters is 2. The lowest BCUT2D eigenvalue weighted by atomic mass is 10.1. The topological polar surface area (TPSA) is 149 Å². The van der Waals surface area contributed by atoms with Gasteiger partial charge in [-0.05, 0) is 77.0 Å². The zero-order valence-electron chi connectivity index (χ0n) is 33.9. The number of aliphatic hydroxyl groups is 2. The number of allylic oxidation sites excluding steroid dienone is 8. The molecule has 0 fully saturated rings. The summed E-state index contributed by atoms with van der Waals surface area (Å²) >= 11 is 0. The Kier molecular flexibility index (Phi) is 37.7. The Hall–Kier alpha value is -2.07. The number of hydrogen-bond acceptors (Lipinski definition) is 9. The van der Waals surface area contributed by atoms with Crippen LogP contribution >= 0.6 is 7.82 Å². The molecule has 3 N–H and O–H groups in total. The zero-order chi connectivity index (χ0) is 39.8. The van der Waals surface area contributed by atoms with Crippen molar-refractivity contribution in [1.29, 1.82) is 0 Å². The van der Waals surface area contributed by atoms with E-state index in [0.29, 0.717) is 12.8 Å². The van der Waals surface area contributed by atoms with Crippen molar-refractivity contribution in [2.45, 2.75) is 187 Å². The van der Waals surface area contributed by atoms with Gasteiger partial charge in [0.2, 0.25) is 0 Å². The SMILES string of the molecule is CCCCC/C=C\C/C=C\C/C=C\CCCCC(=O)O[C@H](COC(=O)CCCCCCC/C=C\CCCCCCCCC)COP(=O)(O)OC[C@@H](O)CO. The van der Waals surface area contributed by atoms with E-state index in [4.69, 9.17) is 19.1 Å². The molecule has 3 atom stereocenters. The molecule has 0 bridgehead atoms. The van der Waals surface area contributed by atoms with Crippen LogP contribution in [0.15, 0.2) is 48.6 Å². The Bertz CT molecular complexity index is 1040. The van der Waals surface area contributed by atoms with E-state index in [0.717, 1.165) is 70.6 Å². The highest BCUT2D eigenvalue weighted by Crippen LogP contribution is 2.43. The van der Waals surface area contributed by atoms with Gasteiger partial charge in [-0.15, -0.1) is 0 Å². The number of phosphoric ester groups is 1. The first-order valence-corrected chi connectivity index (χ1v) is 22.6. The summed E-state index contributed by atoms with van der Waals surface area (Å²) < 4.78 is 32.6. The number of ether oxygens (including phenoxy) is 2. The zero-order valence-corrected chi connectivity index (χ0v) is 34.8. The first-order valence-electron chi connectivity index (χ1n) is 21.1. The van der Waals surface area contributed by atoms with Gasteiger partial charge in [-0.25, -0.2) is 4.57 Å². The average molecular weight is 785 g/mol. The first-order chi connectivity index (χ1) is 26.2. The second-order valence-corrected chi connectivity index (χ2v) is 15.5. The molecule has 0 spiro atoms. The molecular weight excluding hydrogens is 707 g/mol. The Morgan fingerprint density at radius 3 is 1.54 bits per heavy atom. The van der Waals surface area contributed by atoms with E-state index >= 15 is 0 Å². The van der Waals surface area contributed by atoms with Gasteiger partial charge in [0.15, 0.2) is 6.10 Å². The highest BCUT2D eigenvalue weighted by molar-refractivity contribution is 7.47. The van der Waals surface area contributed by atoms with Crippen LogP contribution in [0.3, 0.4) is 0 Å². The minimum absolute atomic E-state index is 0.133. The molecule has 0 aromatic carbocycles. The first kappa shape index (κ1) is 51.9. The normalized spacial score (nSPS) is 14.4. The number of hydrogen-bond donors (Lipinski definition) is 3. The van der Waals surface area contributed by atoms with Gasteiger partial charge in [-0.2, -0.15) is 0 Å². The van der Waals surface area contributed by atoms with Gasteiger partial charge >= 0.3 is 19.8 Å². The Morgan fingerprint density at radius 1 is 0.556 bits per heavy atom. The van der Waals surface area contributed by atoms with E-state index in [2.05, 4.69) is 67.0 Å². The van der Waals surface area contributed by atoms with Gasteiger partial charge in [-0.3, -0.25) is 18.6 Å². The molecular formula is C43H77O10P. The number of rotatable bonds is 39. The van der Waals surface area contributed by atoms with Crippen molar-refractivity contribution in [3.05, 3.63) is 48.6 Å². The lowest BCUT2D eigenvalue weighted by molar-refractivity contribution is -0.161. The maximum Gasteiger partial charge on any atom is 0.472 e. The Labute approximate surface area is 328 Å². The van der Waals surface area contributed by atoms with Gasteiger partial charge in [0.25, 0.3) is 0 Å². The van der Waals surface area contributed by atoms with Gasteiger partial charge in [0.1, 0.15) is 12.7 Å². The fourth-order valence-electron chi connectivity index (χ4n) is 5.40. The quantitative estimate of drug-likeness (QED) is 0.0238. The van der Waals surface area contributed by atoms with Crippen molar-refractivity contribution in [3.8, 4) is 0 Å². The molecule has 0 saturated heterocycles. The van der Waals surface area contributed by atoms with Crippen LogP contribution in [0.25, 0.3) is 0 Å². The van der Waals surface area contributed by atoms with E-state index in [1.165, 1.54) is 64.2 Å². The van der Waals surface area contributed by atoms with Crippen molar-refractivity contribution in [3.63, 3.8) is 0 Å². The largest absolute Gasteiger partial charge is 0.472 e. The molecule has 0 aliphatic carbocycles. The lowest BCUT2D eigenvalue weighted by Gasteiger charge is -2.20. The van der Waals surface area contributed by atoms with Gasteiger partial charge in [0.05, 0.1) is 19.8 Å². The van der Waals surface area contributed by atoms with Crippen LogP contribution in [0.4, 0.5) is 0 Å². The second-order valence-electron chi connectivity index (χ2n) is 14.0. The number of aliphatic hydroxyl groups excluding tert-OH is 2. The molecule has 0 aromatic rings. The van der Waals surface area contributed by atoms with Gasteiger partial charge in [0, 0.05) is 12.8 Å². The summed E-state index contributed by atoms with van der Waals surface area (Å²) in [6, 6.07) is 0. The van der Waals surface area contributed by atoms with Crippen LogP contribution < -0.4 is 0 Å². The summed E-state index contributed by atoms with van der Waals surface area (Å²) in [5, 5.41) is 18.3. The summed E-state index contributed by atoms with van der Waals surface area (Å²) in [4.78, 5) is 34.9. The third-order valence-corrected chi connectivity index (χ3v) is 9.66. The summed E-state index contributed by atoms with van der Waals surface area (Å²) in [7, 11) is -4.63. The highest BCUT2D eigenvalue weighted by atomic mass is 31.2. The smallest absolute Gasteiger partial charge is 0.462 e. The second kappa shape index (κ2) is 39.2. The van der Waals surface area contributed by atoms with Crippen molar-refractivity contribution >= 4 is 19.8 Å². The van der Waals surface area contributed by atoms with E-state index in [9.17, 15) is 24.2 Å². The maximum atomic E-state index is 12.6. The van der Waals surface area contributed by atoms with Crippen molar-refractivity contribution in [2.24, 2.45) is 0 Å². The number of unbranched alkanes of at least 4 members (excludes halogenated alkanes) is 17. The molecule has 0 amide bonds. The predicted molar refractivity (Wildman–Crippen MR) is 219 cm³/mol. The molecule has 314 valence electrons. The molecule has 11 heteroatoms. The summed E-state index contributed by atoms with van der Waals surface area (Å²) in [6.07, 6.45) is 40.8. The number of carbonyl (C=O) groups is 2. The van der Waals surface area contributed by atoms with E-state index < -0.39 is 51.8 Å². The third kappa shape index (κ3) is 38.2. The fraction of sp³-hybridized carbons (Fsp3) is 0.767. The van der Waals surface area contributed by atoms with Crippen LogP contribution in [0.5, 0.6) is 0 Å². The predicted octanol–water partition coefficient (Wildman–Crippen LogP) is 10.9. The lowest BCUT2D eigenvalue weighted by Crippen LogP contribution is -2.29. The average Bonchev–Trinajstić information content (AvgIpc) is 3.16. The van der Waals surface area contributed by atoms with Crippen LogP contribution in [-0.4, -0.2) is 65.7 Å². The molecule has 0 rings (SSSR count). The molecule has 0 aliphatic heterocycles. The number of phosphoric acid groups is 1. The van der Waals surface area contributed by atoms with Crippen molar-refractivity contribution in [2.75, 3.05) is 26.4 Å². The maximum absolute atomic E-state index is 12.6. The molecule has 10 nitrogen and oxygen atoms in total. The van der Waals surface area contributed by atoms with Crippen LogP contribution in [0.2, 0.25) is 0 Å². The fourth-order valence-corrected chi connectivity index (χ4v) is 6.19. The third-order valence-electron chi connectivity index (χ3n) is 8.71. The number of carbonyl (C=O) groups excluding carboxylic acids is 2. The van der Waals surface area contributed by atoms with E-state index in [1.807, 2.05) is 0 Å². The monoisotopic (exact) mass is 785 g/mol. The minimum Gasteiger partial charge on any atom is -0.462 e. The Morgan fingerprint density at radius 2 is 0.963 bits per heavy atom. The van der Waals surface area contributed by atoms with E-state index in [1.54, 1.807) is 0 Å². The summed E-state index contributed by atoms with van der Waals surface area (Å²) in [5.41, 5.74) is 0. The molecule has 1 unspecified atom stereocenters. The minimum atomic E-state index is -4.63. The molecule has 54 heavy (non-hydrogen) atoms. The van der Waals surface area contributed by atoms with Gasteiger partial charge in [-0.1, -0.05) is 133 Å². The van der Waals surface area contributed by atoms with Crippen LogP contribution in [0, 0.1) is 0 Å². The molecule has 0 radical (unpaired) electrons. The molecule has 0 saturated carbocycles. The summed E-state index contributed by atoms with van der Waals surface area (Å²) in [6.45, 7) is 2.29. The summed E-state index contributed by atoms with van der Waals surface area (Å²) in [5.74, 6) is -0.981. The van der Waals surface area contributed by atoms with E-state index in [-0.39, 0.29) is 19.4 Å². The molecule has 0 aromatic heterocycles. The molecule has 0 aliphatic rings. The van der Waals surface area contributed by atoms with Crippen molar-refractivity contribution in [1.82, 2.24) is 0 Å². The van der Waals surface area contributed by atoms with Gasteiger partial charge < -0.3 is 24.6 Å². The standard InChI is InChI=1S/C43H77O10P/c1-3-5-7-9-11-13-15-17-19-21-22-24-26-28-30-32-34-42(46)50-38-41(39-52-54(48,49)51-37-40(45)36-44)53-43(47)35-33-31-29-27-25-23-20-18-16-14-12-10-8-6-4-2/h12,14,18-21,25,27,40-41,44-45H,3-11,13,15-17,22-24,26,28-39H2,1-2H3,(H,48,49)/b14-12-,20-18-,21-19-,27-25-/t40-,41+/m0/s1. The van der Waals surface area contributed by atoms with Crippen molar-refractivity contribution < 1.29 is 47.8 Å². The van der Waals surface area contributed by atoms with Crippen LogP contribution in [-0.2, 0) is 32.7 Å². The highest BCUT2D eigenvalue weighted by Gasteiger charge is 2.27.